The van der Waals surface area contributed by atoms with Gasteiger partial charge in [0.2, 0.25) is 0 Å². The van der Waals surface area contributed by atoms with Crippen LogP contribution in [0.2, 0.25) is 5.02 Å². The van der Waals surface area contributed by atoms with Crippen LogP contribution in [0.4, 0.5) is 23.7 Å². The van der Waals surface area contributed by atoms with Gasteiger partial charge in [-0.3, -0.25) is 0 Å². The highest BCUT2D eigenvalue weighted by Gasteiger charge is 2.31. The van der Waals surface area contributed by atoms with Gasteiger partial charge in [-0.15, -0.1) is 0 Å². The Bertz CT molecular complexity index is 717. The maximum atomic E-state index is 12.7. The Kier molecular flexibility index (Phi) is 5.15. The molecule has 0 aliphatic rings. The molecule has 0 radical (unpaired) electrons. The van der Waals surface area contributed by atoms with Gasteiger partial charge in [-0.25, -0.2) is 4.79 Å². The van der Waals surface area contributed by atoms with Gasteiger partial charge in [-0.05, 0) is 36.2 Å². The molecule has 2 aromatic carbocycles. The second-order valence-electron chi connectivity index (χ2n) is 4.93. The van der Waals surface area contributed by atoms with Crippen LogP contribution < -0.4 is 10.6 Å². The largest absolute Gasteiger partial charge is 0.416 e. The quantitative estimate of drug-likeness (QED) is 0.810. The molecule has 0 fully saturated rings. The molecule has 2 N–H and O–H groups in total. The van der Waals surface area contributed by atoms with Gasteiger partial charge < -0.3 is 10.6 Å². The van der Waals surface area contributed by atoms with Crippen molar-refractivity contribution >= 4 is 23.3 Å². The van der Waals surface area contributed by atoms with Crippen LogP contribution in [0.3, 0.4) is 0 Å². The zero-order valence-electron chi connectivity index (χ0n) is 12.2. The number of carbonyl (C=O) groups is 1. The maximum absolute atomic E-state index is 12.7. The van der Waals surface area contributed by atoms with Crippen molar-refractivity contribution in [3.63, 3.8) is 0 Å². The van der Waals surface area contributed by atoms with Crippen LogP contribution >= 0.6 is 11.6 Å². The molecule has 0 saturated carbocycles. The predicted octanol–water partition coefficient (Wildman–Crippen LogP) is 4.99. The zero-order valence-corrected chi connectivity index (χ0v) is 12.9. The predicted molar refractivity (Wildman–Crippen MR) is 83.5 cm³/mol. The summed E-state index contributed by atoms with van der Waals surface area (Å²) in [5.41, 5.74) is 0.947. The molecule has 0 unspecified atom stereocenters. The van der Waals surface area contributed by atoms with E-state index in [1.807, 2.05) is 31.2 Å². The average molecular weight is 343 g/mol. The number of carbonyl (C=O) groups excluding carboxylic acids is 1. The van der Waals surface area contributed by atoms with E-state index in [1.165, 1.54) is 0 Å². The van der Waals surface area contributed by atoms with Gasteiger partial charge in [0.05, 0.1) is 16.3 Å². The van der Waals surface area contributed by atoms with Gasteiger partial charge in [0.15, 0.2) is 0 Å². The SMILES string of the molecule is Cc1ccccc1CNC(=O)Nc1cc(C(F)(F)F)ccc1Cl. The Morgan fingerprint density at radius 1 is 1.17 bits per heavy atom. The molecule has 0 spiro atoms. The van der Waals surface area contributed by atoms with E-state index in [0.717, 1.165) is 29.3 Å². The number of nitrogens with one attached hydrogen (secondary N) is 2. The lowest BCUT2D eigenvalue weighted by atomic mass is 10.1. The van der Waals surface area contributed by atoms with Crippen molar-refractivity contribution in [2.75, 3.05) is 5.32 Å². The number of amides is 2. The molecular weight excluding hydrogens is 329 g/mol. The van der Waals surface area contributed by atoms with Crippen molar-refractivity contribution in [3.05, 3.63) is 64.2 Å². The van der Waals surface area contributed by atoms with E-state index in [-0.39, 0.29) is 17.3 Å². The van der Waals surface area contributed by atoms with Crippen molar-refractivity contribution in [2.24, 2.45) is 0 Å². The van der Waals surface area contributed by atoms with Gasteiger partial charge >= 0.3 is 12.2 Å². The molecule has 0 aliphatic heterocycles. The highest BCUT2D eigenvalue weighted by Crippen LogP contribution is 2.33. The van der Waals surface area contributed by atoms with E-state index in [0.29, 0.717) is 0 Å². The third-order valence-electron chi connectivity index (χ3n) is 3.24. The molecule has 0 saturated heterocycles. The van der Waals surface area contributed by atoms with E-state index >= 15 is 0 Å². The third kappa shape index (κ3) is 4.63. The summed E-state index contributed by atoms with van der Waals surface area (Å²) in [6.45, 7) is 2.16. The van der Waals surface area contributed by atoms with Gasteiger partial charge in [0, 0.05) is 6.54 Å². The first kappa shape index (κ1) is 17.1. The van der Waals surface area contributed by atoms with E-state index < -0.39 is 17.8 Å². The first-order valence-electron chi connectivity index (χ1n) is 6.73. The van der Waals surface area contributed by atoms with Crippen LogP contribution in [0.15, 0.2) is 42.5 Å². The summed E-state index contributed by atoms with van der Waals surface area (Å²) >= 11 is 5.82. The molecule has 122 valence electrons. The van der Waals surface area contributed by atoms with Crippen LogP contribution in [0.25, 0.3) is 0 Å². The molecule has 23 heavy (non-hydrogen) atoms. The minimum atomic E-state index is -4.50. The Morgan fingerprint density at radius 3 is 2.52 bits per heavy atom. The topological polar surface area (TPSA) is 41.1 Å². The number of aryl methyl sites for hydroxylation is 1. The smallest absolute Gasteiger partial charge is 0.334 e. The van der Waals surface area contributed by atoms with Gasteiger partial charge in [-0.1, -0.05) is 35.9 Å². The average Bonchev–Trinajstić information content (AvgIpc) is 2.47. The molecule has 0 heterocycles. The van der Waals surface area contributed by atoms with Crippen LogP contribution in [0, 0.1) is 6.92 Å². The number of alkyl halides is 3. The van der Waals surface area contributed by atoms with Crippen LogP contribution in [0.1, 0.15) is 16.7 Å². The zero-order chi connectivity index (χ0) is 17.0. The highest BCUT2D eigenvalue weighted by molar-refractivity contribution is 6.33. The Labute approximate surface area is 136 Å². The summed E-state index contributed by atoms with van der Waals surface area (Å²) in [4.78, 5) is 11.8. The summed E-state index contributed by atoms with van der Waals surface area (Å²) in [6.07, 6.45) is -4.50. The first-order chi connectivity index (χ1) is 10.8. The maximum Gasteiger partial charge on any atom is 0.416 e. The lowest BCUT2D eigenvalue weighted by Crippen LogP contribution is -2.28. The normalized spacial score (nSPS) is 11.2. The first-order valence-corrected chi connectivity index (χ1v) is 7.11. The summed E-state index contributed by atoms with van der Waals surface area (Å²) in [7, 11) is 0. The summed E-state index contributed by atoms with van der Waals surface area (Å²) < 4.78 is 38.0. The van der Waals surface area contributed by atoms with Gasteiger partial charge in [-0.2, -0.15) is 13.2 Å². The standard InChI is InChI=1S/C16H14ClF3N2O/c1-10-4-2-3-5-11(10)9-21-15(23)22-14-8-12(16(18,19)20)6-7-13(14)17/h2-8H,9H2,1H3,(H2,21,22,23). The lowest BCUT2D eigenvalue weighted by Gasteiger charge is -2.13. The number of halogens is 4. The molecule has 3 nitrogen and oxygen atoms in total. The van der Waals surface area contributed by atoms with Crippen LogP contribution in [-0.2, 0) is 12.7 Å². The molecule has 7 heteroatoms. The number of anilines is 1. The van der Waals surface area contributed by atoms with E-state index in [1.54, 1.807) is 0 Å². The number of hydrogen-bond acceptors (Lipinski definition) is 1. The van der Waals surface area contributed by atoms with Crippen LogP contribution in [0.5, 0.6) is 0 Å². The third-order valence-corrected chi connectivity index (χ3v) is 3.57. The summed E-state index contributed by atoms with van der Waals surface area (Å²) in [6, 6.07) is 9.60. The molecule has 0 aliphatic carbocycles. The van der Waals surface area contributed by atoms with Crippen molar-refractivity contribution < 1.29 is 18.0 Å². The second kappa shape index (κ2) is 6.91. The van der Waals surface area contributed by atoms with Crippen LogP contribution in [-0.4, -0.2) is 6.03 Å². The molecule has 2 amide bonds. The number of urea groups is 1. The van der Waals surface area contributed by atoms with Crippen molar-refractivity contribution in [2.45, 2.75) is 19.6 Å². The van der Waals surface area contributed by atoms with E-state index in [9.17, 15) is 18.0 Å². The number of benzene rings is 2. The van der Waals surface area contributed by atoms with E-state index in [2.05, 4.69) is 10.6 Å². The Balaban J connectivity index is 2.04. The minimum Gasteiger partial charge on any atom is -0.334 e. The summed E-state index contributed by atoms with van der Waals surface area (Å²) in [5, 5.41) is 4.95. The number of rotatable bonds is 3. The van der Waals surface area contributed by atoms with Crippen molar-refractivity contribution in [1.82, 2.24) is 5.32 Å². The molecule has 0 bridgehead atoms. The number of hydrogen-bond donors (Lipinski definition) is 2. The fraction of sp³-hybridized carbons (Fsp3) is 0.188. The molecule has 0 atom stereocenters. The Hall–Kier alpha value is -2.21. The molecule has 2 aromatic rings. The summed E-state index contributed by atoms with van der Waals surface area (Å²) in [5.74, 6) is 0. The monoisotopic (exact) mass is 342 g/mol. The van der Waals surface area contributed by atoms with Gasteiger partial charge in [0.1, 0.15) is 0 Å². The lowest BCUT2D eigenvalue weighted by molar-refractivity contribution is -0.137. The fourth-order valence-electron chi connectivity index (χ4n) is 1.95. The Morgan fingerprint density at radius 2 is 1.87 bits per heavy atom. The van der Waals surface area contributed by atoms with Gasteiger partial charge in [0.25, 0.3) is 0 Å². The molecule has 0 aromatic heterocycles. The molecular formula is C16H14ClF3N2O. The molecule has 2 rings (SSSR count). The highest BCUT2D eigenvalue weighted by atomic mass is 35.5. The van der Waals surface area contributed by atoms with Crippen molar-refractivity contribution in [3.8, 4) is 0 Å². The van der Waals surface area contributed by atoms with E-state index in [4.69, 9.17) is 11.6 Å². The second-order valence-corrected chi connectivity index (χ2v) is 5.33. The fourth-order valence-corrected chi connectivity index (χ4v) is 2.11. The minimum absolute atomic E-state index is 0.0315. The van der Waals surface area contributed by atoms with Crippen molar-refractivity contribution in [1.29, 1.82) is 0 Å².